The number of nitrogens with zero attached hydrogens (tertiary/aromatic N) is 2. The van der Waals surface area contributed by atoms with Crippen LogP contribution in [0, 0.1) is 6.92 Å². The highest BCUT2D eigenvalue weighted by Crippen LogP contribution is 2.42. The first-order chi connectivity index (χ1) is 16.2. The van der Waals surface area contributed by atoms with Crippen LogP contribution in [0.1, 0.15) is 62.6 Å². The summed E-state index contributed by atoms with van der Waals surface area (Å²) in [6.07, 6.45) is 5.31. The molecule has 2 aliphatic carbocycles. The zero-order valence-corrected chi connectivity index (χ0v) is 20.1. The van der Waals surface area contributed by atoms with Crippen LogP contribution in [-0.4, -0.2) is 42.5 Å². The van der Waals surface area contributed by atoms with Crippen molar-refractivity contribution in [3.8, 4) is 11.4 Å². The van der Waals surface area contributed by atoms with Crippen molar-refractivity contribution in [3.05, 3.63) is 46.6 Å². The summed E-state index contributed by atoms with van der Waals surface area (Å²) in [6.45, 7) is 1.88. The molecule has 0 aromatic heterocycles. The zero-order valence-electron chi connectivity index (χ0n) is 19.3. The summed E-state index contributed by atoms with van der Waals surface area (Å²) in [6, 6.07) is 3.77. The van der Waals surface area contributed by atoms with Gasteiger partial charge >= 0.3 is 0 Å². The van der Waals surface area contributed by atoms with Gasteiger partial charge in [0.05, 0.1) is 15.8 Å². The fraction of sp³-hybridized carbons (Fsp3) is 0.542. The molecule has 0 bridgehead atoms. The molecule has 0 aromatic carbocycles. The number of fused-ring (bicyclic) bond motifs is 1. The van der Waals surface area contributed by atoms with Crippen LogP contribution in [0.3, 0.4) is 0 Å². The number of nitrogens with one attached hydrogen (secondary N) is 1. The molecule has 5 rings (SSSR count). The minimum atomic E-state index is -3.44. The summed E-state index contributed by atoms with van der Waals surface area (Å²) in [5.74, 6) is -1.63. The molecule has 0 saturated heterocycles. The van der Waals surface area contributed by atoms with Gasteiger partial charge in [-0.15, -0.1) is 0 Å². The topological polar surface area (TPSA) is 82.5 Å². The molecule has 1 N–H and O–H groups in total. The van der Waals surface area contributed by atoms with Crippen molar-refractivity contribution in [1.29, 1.82) is 0 Å². The molecule has 0 radical (unpaired) electrons. The predicted molar refractivity (Wildman–Crippen MR) is 124 cm³/mol. The number of ether oxygens (including phenoxy) is 1. The van der Waals surface area contributed by atoms with E-state index in [1.54, 1.807) is 18.0 Å². The maximum absolute atomic E-state index is 13.7. The van der Waals surface area contributed by atoms with Crippen molar-refractivity contribution in [1.82, 2.24) is 15.0 Å². The number of hydrogen-bond donors (Lipinski definition) is 1. The van der Waals surface area contributed by atoms with Gasteiger partial charge in [0.25, 0.3) is 0 Å². The van der Waals surface area contributed by atoms with Crippen molar-refractivity contribution in [2.45, 2.75) is 75.6 Å². The Hall–Kier alpha value is -2.62. The highest BCUT2D eigenvalue weighted by Gasteiger charge is 2.39. The number of rotatable bonds is 6. The fourth-order valence-electron chi connectivity index (χ4n) is 4.93. The molecule has 2 fully saturated rings. The van der Waals surface area contributed by atoms with E-state index in [0.29, 0.717) is 35.0 Å². The van der Waals surface area contributed by atoms with E-state index in [0.717, 1.165) is 23.2 Å². The lowest BCUT2D eigenvalue weighted by Crippen LogP contribution is -2.33. The molecule has 34 heavy (non-hydrogen) atoms. The van der Waals surface area contributed by atoms with Crippen molar-refractivity contribution in [3.63, 3.8) is 0 Å². The Bertz CT molecular complexity index is 1220. The van der Waals surface area contributed by atoms with Gasteiger partial charge in [0.1, 0.15) is 13.2 Å². The van der Waals surface area contributed by atoms with E-state index in [9.17, 15) is 17.2 Å². The summed E-state index contributed by atoms with van der Waals surface area (Å²) in [7, 11) is -1.88. The van der Waals surface area contributed by atoms with Crippen LogP contribution in [0.25, 0.3) is 17.0 Å². The number of dihydropyridines is 1. The van der Waals surface area contributed by atoms with Gasteiger partial charge in [0.15, 0.2) is 21.5 Å². The molecule has 7 nitrogen and oxygen atoms in total. The van der Waals surface area contributed by atoms with Gasteiger partial charge in [-0.3, -0.25) is 0 Å². The van der Waals surface area contributed by atoms with Gasteiger partial charge in [0, 0.05) is 42.8 Å². The summed E-state index contributed by atoms with van der Waals surface area (Å²) >= 11 is 0. The molecular formula is C24H29F2N3O4S. The first-order valence-electron chi connectivity index (χ1n) is 11.7. The second-order valence-electron chi connectivity index (χ2n) is 9.37. The van der Waals surface area contributed by atoms with Gasteiger partial charge in [-0.1, -0.05) is 6.42 Å². The highest BCUT2D eigenvalue weighted by atomic mass is 32.2. The number of pyridine rings is 1. The largest absolute Gasteiger partial charge is 0.475 e. The van der Waals surface area contributed by atoms with Crippen LogP contribution in [0.2, 0.25) is 0 Å². The minimum Gasteiger partial charge on any atom is -0.475 e. The van der Waals surface area contributed by atoms with Crippen LogP contribution >= 0.6 is 0 Å². The number of sulfone groups is 1. The Balaban J connectivity index is 1.54. The third-order valence-electron chi connectivity index (χ3n) is 7.14. The quantitative estimate of drug-likeness (QED) is 0.642. The number of aromatic nitrogens is 2. The third-order valence-corrected chi connectivity index (χ3v) is 9.48. The molecule has 0 spiro atoms. The van der Waals surface area contributed by atoms with Crippen LogP contribution in [0.5, 0.6) is 0 Å². The van der Waals surface area contributed by atoms with Crippen LogP contribution in [-0.2, 0) is 14.6 Å². The second-order valence-corrected chi connectivity index (χ2v) is 11.7. The lowest BCUT2D eigenvalue weighted by molar-refractivity contribution is -0.0701. The monoisotopic (exact) mass is 493 g/mol. The maximum atomic E-state index is 13.7. The Morgan fingerprint density at radius 3 is 2.56 bits per heavy atom. The van der Waals surface area contributed by atoms with Crippen molar-refractivity contribution < 1.29 is 26.8 Å². The van der Waals surface area contributed by atoms with E-state index >= 15 is 0 Å². The fourth-order valence-corrected chi connectivity index (χ4v) is 6.88. The molecule has 10 heteroatoms. The lowest BCUT2D eigenvalue weighted by Gasteiger charge is -2.33. The maximum Gasteiger partial charge on any atom is 0.248 e. The molecule has 0 amide bonds. The predicted octanol–water partition coefficient (Wildman–Crippen LogP) is 4.42. The standard InChI is InChI=1S/C24H29F2N3O4S/c1-15-12-20(19-8-11-27-22(19)29(15)32-2)21-13-18(34(30,31)17-4-3-5-17)14-28-23(21)33-16-6-9-24(25,26)10-7-16/h8,11-12,14,16-17,28H,3-7,9-10,13H2,1-2H3. The summed E-state index contributed by atoms with van der Waals surface area (Å²) in [4.78, 5) is 10.2. The number of allylic oxidation sites excluding steroid dienone is 2. The molecule has 5 aliphatic rings. The zero-order chi connectivity index (χ0) is 24.1. The van der Waals surface area contributed by atoms with E-state index in [1.165, 1.54) is 6.20 Å². The first-order valence-corrected chi connectivity index (χ1v) is 13.2. The Morgan fingerprint density at radius 2 is 1.91 bits per heavy atom. The lowest BCUT2D eigenvalue weighted by atomic mass is 9.93. The van der Waals surface area contributed by atoms with Crippen LogP contribution in [0.4, 0.5) is 8.78 Å². The number of aryl methyl sites for hydroxylation is 1. The normalized spacial score (nSPS) is 21.7. The molecule has 3 aliphatic heterocycles. The molecule has 0 aromatic rings. The van der Waals surface area contributed by atoms with Gasteiger partial charge in [-0.2, -0.15) is 4.73 Å². The first kappa shape index (κ1) is 23.1. The van der Waals surface area contributed by atoms with Crippen molar-refractivity contribution in [2.24, 2.45) is 0 Å². The number of hydrogen-bond acceptors (Lipinski definition) is 6. The molecule has 184 valence electrons. The smallest absolute Gasteiger partial charge is 0.248 e. The summed E-state index contributed by atoms with van der Waals surface area (Å²) in [5.41, 5.74) is 3.05. The molecule has 0 atom stereocenters. The molecule has 3 heterocycles. The third kappa shape index (κ3) is 4.06. The summed E-state index contributed by atoms with van der Waals surface area (Å²) < 4.78 is 61.6. The second kappa shape index (κ2) is 8.55. The SMILES string of the molecule is COn1c(C)cc(C2=C(OC3CCC(F)(F)CC3)NC=C(S(=O)(=O)C3CCC3)C2)c2ccnc1-2. The average Bonchev–Trinajstić information content (AvgIpc) is 3.23. The van der Waals surface area contributed by atoms with Gasteiger partial charge in [-0.25, -0.2) is 22.2 Å². The van der Waals surface area contributed by atoms with Crippen LogP contribution < -0.4 is 10.2 Å². The Morgan fingerprint density at radius 1 is 1.18 bits per heavy atom. The van der Waals surface area contributed by atoms with E-state index in [4.69, 9.17) is 9.57 Å². The van der Waals surface area contributed by atoms with Gasteiger partial charge in [-0.05, 0) is 50.3 Å². The molecule has 2 saturated carbocycles. The minimum absolute atomic E-state index is 0.167. The van der Waals surface area contributed by atoms with E-state index in [-0.39, 0.29) is 43.5 Å². The van der Waals surface area contributed by atoms with Crippen molar-refractivity contribution >= 4 is 15.4 Å². The van der Waals surface area contributed by atoms with Gasteiger partial charge < -0.3 is 14.9 Å². The van der Waals surface area contributed by atoms with Crippen LogP contribution in [0.15, 0.2) is 35.3 Å². The Labute approximate surface area is 198 Å². The average molecular weight is 494 g/mol. The number of alkyl halides is 2. The Kier molecular flexibility index (Phi) is 5.82. The molecule has 0 unspecified atom stereocenters. The van der Waals surface area contributed by atoms with E-state index < -0.39 is 15.8 Å². The van der Waals surface area contributed by atoms with E-state index in [2.05, 4.69) is 10.3 Å². The summed E-state index contributed by atoms with van der Waals surface area (Å²) in [5, 5.41) is 2.72. The van der Waals surface area contributed by atoms with Crippen molar-refractivity contribution in [2.75, 3.05) is 7.11 Å². The highest BCUT2D eigenvalue weighted by molar-refractivity contribution is 7.95. The molecular weight excluding hydrogens is 464 g/mol. The number of halogens is 2. The van der Waals surface area contributed by atoms with E-state index in [1.807, 2.05) is 19.1 Å². The van der Waals surface area contributed by atoms with Gasteiger partial charge in [0.2, 0.25) is 5.92 Å².